The van der Waals surface area contributed by atoms with Crippen LogP contribution in [0.5, 0.6) is 0 Å². The van der Waals surface area contributed by atoms with Crippen molar-refractivity contribution in [3.05, 3.63) is 64.6 Å². The lowest BCUT2D eigenvalue weighted by Crippen LogP contribution is -2.31. The highest BCUT2D eigenvalue weighted by molar-refractivity contribution is 6.30. The molecule has 10 nitrogen and oxygen atoms in total. The maximum Gasteiger partial charge on any atom is 0.508 e. The molecular weight excluding hydrogens is 498 g/mol. The number of aliphatic hydroxyl groups is 1. The number of ether oxygens (including phenoxy) is 2. The van der Waals surface area contributed by atoms with E-state index in [4.69, 9.17) is 21.1 Å². The highest BCUT2D eigenvalue weighted by Gasteiger charge is 2.19. The van der Waals surface area contributed by atoms with Gasteiger partial charge in [-0.1, -0.05) is 30.7 Å². The van der Waals surface area contributed by atoms with E-state index in [-0.39, 0.29) is 31.3 Å². The number of amides is 1. The summed E-state index contributed by atoms with van der Waals surface area (Å²) >= 11 is 6.04. The minimum absolute atomic E-state index is 0.0990. The Kier molecular flexibility index (Phi) is 9.87. The van der Waals surface area contributed by atoms with Gasteiger partial charge >= 0.3 is 6.16 Å². The van der Waals surface area contributed by atoms with Crippen molar-refractivity contribution in [2.24, 2.45) is 0 Å². The SMILES string of the molecule is CC[C@@H](COC(=O)OC(C)C)Nc1ncc(C)c(-c2c[nH]c(C(=O)N[C@H](CO)c3cccc(Cl)c3)c2)n1. The molecule has 0 saturated heterocycles. The molecule has 2 atom stereocenters. The van der Waals surface area contributed by atoms with Crippen molar-refractivity contribution in [3.63, 3.8) is 0 Å². The summed E-state index contributed by atoms with van der Waals surface area (Å²) < 4.78 is 10.2. The molecule has 0 radical (unpaired) electrons. The molecule has 0 saturated carbocycles. The molecule has 2 heterocycles. The molecule has 3 rings (SSSR count). The number of benzene rings is 1. The molecule has 2 aromatic heterocycles. The zero-order chi connectivity index (χ0) is 26.9. The summed E-state index contributed by atoms with van der Waals surface area (Å²) in [7, 11) is 0. The minimum Gasteiger partial charge on any atom is -0.432 e. The van der Waals surface area contributed by atoms with E-state index < -0.39 is 12.2 Å². The smallest absolute Gasteiger partial charge is 0.432 e. The number of nitrogens with one attached hydrogen (secondary N) is 3. The Hall–Kier alpha value is -3.63. The highest BCUT2D eigenvalue weighted by atomic mass is 35.5. The van der Waals surface area contributed by atoms with Gasteiger partial charge in [0.05, 0.1) is 30.5 Å². The van der Waals surface area contributed by atoms with E-state index in [0.717, 1.165) is 5.56 Å². The maximum absolute atomic E-state index is 12.9. The van der Waals surface area contributed by atoms with Crippen molar-refractivity contribution >= 4 is 29.6 Å². The van der Waals surface area contributed by atoms with E-state index in [0.29, 0.717) is 39.9 Å². The summed E-state index contributed by atoms with van der Waals surface area (Å²) in [6, 6.07) is 7.82. The molecule has 0 aliphatic carbocycles. The Balaban J connectivity index is 1.70. The highest BCUT2D eigenvalue weighted by Crippen LogP contribution is 2.24. The molecule has 0 aliphatic heterocycles. The molecule has 0 spiro atoms. The Labute approximate surface area is 220 Å². The summed E-state index contributed by atoms with van der Waals surface area (Å²) in [5.41, 5.74) is 3.15. The summed E-state index contributed by atoms with van der Waals surface area (Å²) in [6.07, 6.45) is 3.04. The van der Waals surface area contributed by atoms with E-state index in [9.17, 15) is 14.7 Å². The van der Waals surface area contributed by atoms with Crippen LogP contribution in [-0.2, 0) is 9.47 Å². The van der Waals surface area contributed by atoms with Crippen molar-refractivity contribution in [2.45, 2.75) is 52.3 Å². The maximum atomic E-state index is 12.9. The van der Waals surface area contributed by atoms with Crippen LogP contribution in [0.3, 0.4) is 0 Å². The van der Waals surface area contributed by atoms with Gasteiger partial charge in [-0.3, -0.25) is 4.79 Å². The molecule has 1 amide bonds. The van der Waals surface area contributed by atoms with Crippen molar-refractivity contribution in [3.8, 4) is 11.3 Å². The van der Waals surface area contributed by atoms with Crippen LogP contribution in [0, 0.1) is 6.92 Å². The first-order valence-electron chi connectivity index (χ1n) is 12.0. The molecule has 0 fully saturated rings. The Bertz CT molecular complexity index is 1220. The van der Waals surface area contributed by atoms with Crippen LogP contribution in [0.1, 0.15) is 54.8 Å². The number of H-pyrrole nitrogens is 1. The van der Waals surface area contributed by atoms with E-state index in [1.807, 2.05) is 13.8 Å². The molecule has 0 aliphatic rings. The minimum atomic E-state index is -0.724. The number of halogens is 1. The zero-order valence-corrected chi connectivity index (χ0v) is 22.0. The monoisotopic (exact) mass is 529 g/mol. The number of aryl methyl sites for hydroxylation is 1. The van der Waals surface area contributed by atoms with Gasteiger partial charge in [0, 0.05) is 23.0 Å². The molecule has 3 aromatic rings. The predicted molar refractivity (Wildman–Crippen MR) is 141 cm³/mol. The molecule has 4 N–H and O–H groups in total. The summed E-state index contributed by atoms with van der Waals surface area (Å²) in [5.74, 6) is -0.0198. The van der Waals surface area contributed by atoms with E-state index in [1.54, 1.807) is 56.6 Å². The standard InChI is InChI=1S/C26H32ClN5O5/c1-5-20(14-36-26(35)37-15(2)3)30-25-29-11-16(4)23(32-25)18-10-21(28-12-18)24(34)31-22(13-33)17-7-6-8-19(27)9-17/h6-12,15,20,22,28,33H,5,13-14H2,1-4H3,(H,31,34)(H,29,30,32)/t20-,22+/m0/s1. The number of aliphatic hydroxyl groups excluding tert-OH is 1. The second kappa shape index (κ2) is 13.1. The second-order valence-electron chi connectivity index (χ2n) is 8.77. The van der Waals surface area contributed by atoms with Crippen molar-refractivity contribution in [2.75, 3.05) is 18.5 Å². The van der Waals surface area contributed by atoms with Gasteiger partial charge in [0.2, 0.25) is 5.95 Å². The molecule has 37 heavy (non-hydrogen) atoms. The van der Waals surface area contributed by atoms with Gasteiger partial charge in [-0.25, -0.2) is 14.8 Å². The fourth-order valence-electron chi connectivity index (χ4n) is 3.50. The van der Waals surface area contributed by atoms with Crippen molar-refractivity contribution in [1.29, 1.82) is 0 Å². The lowest BCUT2D eigenvalue weighted by atomic mass is 10.1. The average Bonchev–Trinajstić information content (AvgIpc) is 3.35. The van der Waals surface area contributed by atoms with Gasteiger partial charge in [0.15, 0.2) is 0 Å². The number of nitrogens with zero attached hydrogens (tertiary/aromatic N) is 2. The van der Waals surface area contributed by atoms with Crippen molar-refractivity contribution < 1.29 is 24.2 Å². The topological polar surface area (TPSA) is 138 Å². The number of rotatable bonds is 11. The third-order valence-corrected chi connectivity index (χ3v) is 5.71. The van der Waals surface area contributed by atoms with Crippen LogP contribution in [0.2, 0.25) is 5.02 Å². The first kappa shape index (κ1) is 27.9. The quantitative estimate of drug-likeness (QED) is 0.263. The molecular formula is C26H32ClN5O5. The number of aromatic amines is 1. The first-order chi connectivity index (χ1) is 17.7. The molecule has 198 valence electrons. The molecule has 0 bridgehead atoms. The number of anilines is 1. The third kappa shape index (κ3) is 7.93. The fourth-order valence-corrected chi connectivity index (χ4v) is 3.70. The molecule has 11 heteroatoms. The Morgan fingerprint density at radius 1 is 1.24 bits per heavy atom. The van der Waals surface area contributed by atoms with Gasteiger partial charge in [0.1, 0.15) is 12.3 Å². The average molecular weight is 530 g/mol. The number of carbonyl (C=O) groups excluding carboxylic acids is 2. The van der Waals surface area contributed by atoms with Gasteiger partial charge in [-0.05, 0) is 56.5 Å². The first-order valence-corrected chi connectivity index (χ1v) is 12.4. The van der Waals surface area contributed by atoms with E-state index in [2.05, 4.69) is 25.6 Å². The Morgan fingerprint density at radius 3 is 2.70 bits per heavy atom. The van der Waals surface area contributed by atoms with Crippen LogP contribution in [0.25, 0.3) is 11.3 Å². The van der Waals surface area contributed by atoms with Gasteiger partial charge in [-0.2, -0.15) is 0 Å². The van der Waals surface area contributed by atoms with Gasteiger partial charge < -0.3 is 30.2 Å². The normalized spacial score (nSPS) is 12.6. The number of hydrogen-bond acceptors (Lipinski definition) is 8. The van der Waals surface area contributed by atoms with Crippen LogP contribution in [0.4, 0.5) is 10.7 Å². The summed E-state index contributed by atoms with van der Waals surface area (Å²) in [4.78, 5) is 36.5. The largest absolute Gasteiger partial charge is 0.508 e. The van der Waals surface area contributed by atoms with Crippen LogP contribution in [0.15, 0.2) is 42.7 Å². The number of hydrogen-bond donors (Lipinski definition) is 4. The predicted octanol–water partition coefficient (Wildman–Crippen LogP) is 4.65. The zero-order valence-electron chi connectivity index (χ0n) is 21.2. The van der Waals surface area contributed by atoms with Crippen LogP contribution in [-0.4, -0.2) is 57.5 Å². The number of carbonyl (C=O) groups is 2. The molecule has 1 aromatic carbocycles. The third-order valence-electron chi connectivity index (χ3n) is 5.47. The second-order valence-corrected chi connectivity index (χ2v) is 9.20. The number of aromatic nitrogens is 3. The van der Waals surface area contributed by atoms with Gasteiger partial charge in [-0.15, -0.1) is 0 Å². The van der Waals surface area contributed by atoms with Crippen LogP contribution < -0.4 is 10.6 Å². The lowest BCUT2D eigenvalue weighted by molar-refractivity contribution is 0.0321. The van der Waals surface area contributed by atoms with E-state index >= 15 is 0 Å². The van der Waals surface area contributed by atoms with Crippen LogP contribution >= 0.6 is 11.6 Å². The van der Waals surface area contributed by atoms with Crippen molar-refractivity contribution in [1.82, 2.24) is 20.3 Å². The van der Waals surface area contributed by atoms with E-state index in [1.165, 1.54) is 0 Å². The lowest BCUT2D eigenvalue weighted by Gasteiger charge is -2.18. The molecule has 0 unspecified atom stereocenters. The van der Waals surface area contributed by atoms with Gasteiger partial charge in [0.25, 0.3) is 5.91 Å². The fraction of sp³-hybridized carbons (Fsp3) is 0.385. The summed E-state index contributed by atoms with van der Waals surface area (Å²) in [5, 5.41) is 16.3. The summed E-state index contributed by atoms with van der Waals surface area (Å²) in [6.45, 7) is 7.13. The Morgan fingerprint density at radius 2 is 2.03 bits per heavy atom.